The zero-order chi connectivity index (χ0) is 21.8. The molecule has 0 aliphatic rings. The summed E-state index contributed by atoms with van der Waals surface area (Å²) in [4.78, 5) is 12.1. The minimum atomic E-state index is -0.663. The summed E-state index contributed by atoms with van der Waals surface area (Å²) in [6, 6.07) is 11.5. The molecule has 2 atom stereocenters. The van der Waals surface area contributed by atoms with Crippen LogP contribution in [0.15, 0.2) is 47.6 Å². The van der Waals surface area contributed by atoms with E-state index in [-0.39, 0.29) is 11.7 Å². The minimum absolute atomic E-state index is 0.276. The van der Waals surface area contributed by atoms with Gasteiger partial charge in [0.15, 0.2) is 11.0 Å². The molecule has 0 bridgehead atoms. The first kappa shape index (κ1) is 22.6. The first-order valence-electron chi connectivity index (χ1n) is 9.29. The van der Waals surface area contributed by atoms with E-state index in [4.69, 9.17) is 23.2 Å². The molecule has 0 saturated heterocycles. The van der Waals surface area contributed by atoms with E-state index in [1.54, 1.807) is 19.1 Å². The number of benzene rings is 2. The lowest BCUT2D eigenvalue weighted by Gasteiger charge is -2.18. The standard InChI is InChI=1S/C21H21Cl2FN4OS/c1-12-4-7-16(23)10-18(12)28-19(14(3)25-20(29)13(2)22)26-27-21(28)30-11-15-5-8-17(24)9-6-15/h4-10,13-14H,11H2,1-3H3,(H,25,29). The van der Waals surface area contributed by atoms with E-state index >= 15 is 0 Å². The highest BCUT2D eigenvalue weighted by Gasteiger charge is 2.23. The van der Waals surface area contributed by atoms with Crippen LogP contribution in [0.5, 0.6) is 0 Å². The number of halogens is 3. The van der Waals surface area contributed by atoms with Crippen LogP contribution >= 0.6 is 35.0 Å². The van der Waals surface area contributed by atoms with Crippen LogP contribution in [0.4, 0.5) is 4.39 Å². The van der Waals surface area contributed by atoms with Crippen LogP contribution in [-0.2, 0) is 10.5 Å². The van der Waals surface area contributed by atoms with Crippen LogP contribution in [-0.4, -0.2) is 26.0 Å². The fourth-order valence-electron chi connectivity index (χ4n) is 2.83. The maximum absolute atomic E-state index is 13.2. The van der Waals surface area contributed by atoms with E-state index in [9.17, 15) is 9.18 Å². The summed E-state index contributed by atoms with van der Waals surface area (Å²) in [6.07, 6.45) is 0. The Bertz CT molecular complexity index is 1040. The minimum Gasteiger partial charge on any atom is -0.345 e. The van der Waals surface area contributed by atoms with E-state index in [0.717, 1.165) is 16.8 Å². The molecule has 1 heterocycles. The predicted octanol–water partition coefficient (Wildman–Crippen LogP) is 5.47. The van der Waals surface area contributed by atoms with Gasteiger partial charge in [0, 0.05) is 10.8 Å². The number of alkyl halides is 1. The molecule has 0 radical (unpaired) electrons. The van der Waals surface area contributed by atoms with Crippen molar-refractivity contribution >= 4 is 40.9 Å². The Morgan fingerprint density at radius 3 is 2.57 bits per heavy atom. The zero-order valence-electron chi connectivity index (χ0n) is 16.7. The quantitative estimate of drug-likeness (QED) is 0.370. The Kier molecular flexibility index (Phi) is 7.39. The van der Waals surface area contributed by atoms with E-state index in [1.807, 2.05) is 36.6 Å². The van der Waals surface area contributed by atoms with Crippen molar-refractivity contribution in [2.24, 2.45) is 0 Å². The van der Waals surface area contributed by atoms with Gasteiger partial charge in [-0.05, 0) is 56.2 Å². The van der Waals surface area contributed by atoms with Gasteiger partial charge in [-0.15, -0.1) is 21.8 Å². The van der Waals surface area contributed by atoms with Gasteiger partial charge in [-0.25, -0.2) is 4.39 Å². The second-order valence-electron chi connectivity index (χ2n) is 6.87. The third-order valence-electron chi connectivity index (χ3n) is 4.46. The average Bonchev–Trinajstić information content (AvgIpc) is 3.13. The molecule has 158 valence electrons. The molecule has 2 unspecified atom stereocenters. The number of nitrogens with zero attached hydrogens (tertiary/aromatic N) is 3. The molecule has 1 aromatic heterocycles. The Morgan fingerprint density at radius 1 is 1.20 bits per heavy atom. The third-order valence-corrected chi connectivity index (χ3v) is 5.89. The number of aryl methyl sites for hydroxylation is 1. The summed E-state index contributed by atoms with van der Waals surface area (Å²) in [5.74, 6) is 0.578. The van der Waals surface area contributed by atoms with Crippen LogP contribution in [0.2, 0.25) is 5.02 Å². The topological polar surface area (TPSA) is 59.8 Å². The van der Waals surface area contributed by atoms with Crippen molar-refractivity contribution in [3.05, 3.63) is 70.3 Å². The number of amides is 1. The molecule has 30 heavy (non-hydrogen) atoms. The van der Waals surface area contributed by atoms with Crippen molar-refractivity contribution in [3.8, 4) is 5.69 Å². The number of nitrogens with one attached hydrogen (secondary N) is 1. The molecule has 9 heteroatoms. The van der Waals surface area contributed by atoms with Gasteiger partial charge < -0.3 is 5.32 Å². The van der Waals surface area contributed by atoms with Gasteiger partial charge in [-0.1, -0.05) is 41.6 Å². The second-order valence-corrected chi connectivity index (χ2v) is 8.90. The number of aromatic nitrogens is 3. The lowest BCUT2D eigenvalue weighted by atomic mass is 10.2. The lowest BCUT2D eigenvalue weighted by molar-refractivity contribution is -0.121. The first-order valence-corrected chi connectivity index (χ1v) is 11.1. The van der Waals surface area contributed by atoms with Crippen LogP contribution in [0, 0.1) is 12.7 Å². The van der Waals surface area contributed by atoms with E-state index in [1.165, 1.54) is 23.9 Å². The summed E-state index contributed by atoms with van der Waals surface area (Å²) in [7, 11) is 0. The predicted molar refractivity (Wildman–Crippen MR) is 119 cm³/mol. The van der Waals surface area contributed by atoms with Crippen molar-refractivity contribution in [2.45, 2.75) is 43.1 Å². The largest absolute Gasteiger partial charge is 0.345 e. The number of carbonyl (C=O) groups is 1. The molecule has 5 nitrogen and oxygen atoms in total. The molecule has 0 spiro atoms. The Balaban J connectivity index is 1.97. The number of hydrogen-bond donors (Lipinski definition) is 1. The molecule has 2 aromatic carbocycles. The molecule has 1 amide bonds. The Hall–Kier alpha value is -2.09. The highest BCUT2D eigenvalue weighted by molar-refractivity contribution is 7.98. The number of carbonyl (C=O) groups excluding carboxylic acids is 1. The Labute approximate surface area is 189 Å². The highest BCUT2D eigenvalue weighted by atomic mass is 35.5. The Morgan fingerprint density at radius 2 is 1.90 bits per heavy atom. The van der Waals surface area contributed by atoms with Crippen LogP contribution in [0.25, 0.3) is 5.69 Å². The molecule has 3 aromatic rings. The summed E-state index contributed by atoms with van der Waals surface area (Å²) in [6.45, 7) is 5.40. The van der Waals surface area contributed by atoms with Gasteiger partial charge in [0.1, 0.15) is 11.2 Å². The zero-order valence-corrected chi connectivity index (χ0v) is 19.0. The smallest absolute Gasteiger partial charge is 0.238 e. The fourth-order valence-corrected chi connectivity index (χ4v) is 3.96. The second kappa shape index (κ2) is 9.81. The molecule has 3 rings (SSSR count). The molecule has 0 fully saturated rings. The van der Waals surface area contributed by atoms with Gasteiger partial charge in [0.25, 0.3) is 0 Å². The molecule has 1 N–H and O–H groups in total. The van der Waals surface area contributed by atoms with Gasteiger partial charge in [0.05, 0.1) is 11.7 Å². The normalized spacial score (nSPS) is 13.1. The fraction of sp³-hybridized carbons (Fsp3) is 0.286. The maximum atomic E-state index is 13.2. The molecule has 0 saturated carbocycles. The third kappa shape index (κ3) is 5.33. The molecular formula is C21H21Cl2FN4OS. The van der Waals surface area contributed by atoms with Crippen LogP contribution < -0.4 is 5.32 Å². The summed E-state index contributed by atoms with van der Waals surface area (Å²) in [5.41, 5.74) is 2.76. The summed E-state index contributed by atoms with van der Waals surface area (Å²) < 4.78 is 15.1. The first-order chi connectivity index (χ1) is 14.3. The number of hydrogen-bond acceptors (Lipinski definition) is 4. The van der Waals surface area contributed by atoms with E-state index in [2.05, 4.69) is 15.5 Å². The summed E-state index contributed by atoms with van der Waals surface area (Å²) in [5, 5.41) is 12.1. The molecule has 0 aliphatic carbocycles. The van der Waals surface area contributed by atoms with Crippen LogP contribution in [0.1, 0.15) is 36.8 Å². The average molecular weight is 467 g/mol. The van der Waals surface area contributed by atoms with Gasteiger partial charge in [0.2, 0.25) is 5.91 Å². The van der Waals surface area contributed by atoms with Gasteiger partial charge in [-0.2, -0.15) is 0 Å². The van der Waals surface area contributed by atoms with Gasteiger partial charge in [-0.3, -0.25) is 9.36 Å². The van der Waals surface area contributed by atoms with Crippen LogP contribution in [0.3, 0.4) is 0 Å². The van der Waals surface area contributed by atoms with Crippen molar-refractivity contribution in [3.63, 3.8) is 0 Å². The molecular weight excluding hydrogens is 446 g/mol. The lowest BCUT2D eigenvalue weighted by Crippen LogP contribution is -2.33. The highest BCUT2D eigenvalue weighted by Crippen LogP contribution is 2.30. The molecule has 0 aliphatic heterocycles. The van der Waals surface area contributed by atoms with E-state index < -0.39 is 11.4 Å². The maximum Gasteiger partial charge on any atom is 0.238 e. The number of thioether (sulfide) groups is 1. The van der Waals surface area contributed by atoms with E-state index in [0.29, 0.717) is 21.8 Å². The monoisotopic (exact) mass is 466 g/mol. The summed E-state index contributed by atoms with van der Waals surface area (Å²) >= 11 is 13.6. The van der Waals surface area contributed by atoms with Crippen molar-refractivity contribution in [2.75, 3.05) is 0 Å². The SMILES string of the molecule is Cc1ccc(Cl)cc1-n1c(SCc2ccc(F)cc2)nnc1C(C)NC(=O)C(C)Cl. The van der Waals surface area contributed by atoms with Crippen molar-refractivity contribution < 1.29 is 9.18 Å². The van der Waals surface area contributed by atoms with Gasteiger partial charge >= 0.3 is 0 Å². The number of rotatable bonds is 7. The van der Waals surface area contributed by atoms with Crippen molar-refractivity contribution in [1.82, 2.24) is 20.1 Å². The van der Waals surface area contributed by atoms with Crippen molar-refractivity contribution in [1.29, 1.82) is 0 Å².